The van der Waals surface area contributed by atoms with E-state index in [9.17, 15) is 14.0 Å². The molecule has 2 aromatic rings. The fraction of sp³-hybridized carbons (Fsp3) is 0.375. The van der Waals surface area contributed by atoms with Gasteiger partial charge in [0.05, 0.1) is 0 Å². The van der Waals surface area contributed by atoms with Crippen molar-refractivity contribution in [2.24, 2.45) is 5.92 Å². The first-order chi connectivity index (χ1) is 10.1. The van der Waals surface area contributed by atoms with Crippen LogP contribution in [0, 0.1) is 11.7 Å². The van der Waals surface area contributed by atoms with E-state index in [1.807, 2.05) is 0 Å². The average Bonchev–Trinajstić information content (AvgIpc) is 2.48. The van der Waals surface area contributed by atoms with E-state index in [0.29, 0.717) is 24.5 Å². The summed E-state index contributed by atoms with van der Waals surface area (Å²) < 4.78 is 13.3. The Morgan fingerprint density at radius 2 is 2.05 bits per heavy atom. The number of likely N-dealkylation sites (tertiary alicyclic amines) is 1. The van der Waals surface area contributed by atoms with Crippen LogP contribution in [0.15, 0.2) is 29.2 Å². The number of H-pyrrole nitrogens is 1. The van der Waals surface area contributed by atoms with E-state index in [1.165, 1.54) is 24.4 Å². The van der Waals surface area contributed by atoms with Gasteiger partial charge >= 0.3 is 0 Å². The first-order valence-electron chi connectivity index (χ1n) is 7.16. The molecular weight excluding hydrogens is 271 g/mol. The number of aromatic amines is 1. The van der Waals surface area contributed by atoms with Crippen molar-refractivity contribution < 1.29 is 9.18 Å². The van der Waals surface area contributed by atoms with Crippen LogP contribution in [0.25, 0.3) is 10.9 Å². The Kier molecular flexibility index (Phi) is 3.49. The lowest BCUT2D eigenvalue weighted by Gasteiger charge is -2.30. The molecule has 0 unspecified atom stereocenters. The number of hydrogen-bond acceptors (Lipinski definition) is 2. The summed E-state index contributed by atoms with van der Waals surface area (Å²) in [6.45, 7) is 3.49. The maximum atomic E-state index is 13.3. The number of aromatic nitrogens is 1. The standard InChI is InChI=1S/C16H17FN2O2/c1-10-4-6-19(7-5-10)16(21)13-9-18-14-3-2-11(17)8-12(14)15(13)20/h2-3,8-10H,4-7H2,1H3,(H,18,20). The number of amides is 1. The lowest BCUT2D eigenvalue weighted by Crippen LogP contribution is -2.39. The van der Waals surface area contributed by atoms with Gasteiger partial charge in [0.1, 0.15) is 11.4 Å². The fourth-order valence-electron chi connectivity index (χ4n) is 2.73. The van der Waals surface area contributed by atoms with Crippen LogP contribution in [-0.2, 0) is 0 Å². The topological polar surface area (TPSA) is 53.2 Å². The summed E-state index contributed by atoms with van der Waals surface area (Å²) in [5.74, 6) is -0.142. The van der Waals surface area contributed by atoms with Gasteiger partial charge in [-0.2, -0.15) is 0 Å². The van der Waals surface area contributed by atoms with Crippen molar-refractivity contribution in [2.75, 3.05) is 13.1 Å². The number of fused-ring (bicyclic) bond motifs is 1. The fourth-order valence-corrected chi connectivity index (χ4v) is 2.73. The molecule has 2 heterocycles. The molecule has 0 aliphatic carbocycles. The molecule has 1 saturated heterocycles. The number of pyridine rings is 1. The number of nitrogens with zero attached hydrogens (tertiary/aromatic N) is 1. The first kappa shape index (κ1) is 13.8. The van der Waals surface area contributed by atoms with E-state index in [-0.39, 0.29) is 16.9 Å². The van der Waals surface area contributed by atoms with Crippen molar-refractivity contribution in [2.45, 2.75) is 19.8 Å². The summed E-state index contributed by atoms with van der Waals surface area (Å²) in [4.78, 5) is 29.5. The zero-order valence-corrected chi connectivity index (χ0v) is 11.9. The number of carbonyl (C=O) groups excluding carboxylic acids is 1. The van der Waals surface area contributed by atoms with Crippen LogP contribution < -0.4 is 5.43 Å². The molecule has 1 aromatic heterocycles. The predicted octanol–water partition coefficient (Wildman–Crippen LogP) is 2.54. The number of rotatable bonds is 1. The van der Waals surface area contributed by atoms with E-state index in [0.717, 1.165) is 12.8 Å². The molecule has 1 aromatic carbocycles. The summed E-state index contributed by atoms with van der Waals surface area (Å²) in [6.07, 6.45) is 3.33. The molecule has 1 fully saturated rings. The summed E-state index contributed by atoms with van der Waals surface area (Å²) >= 11 is 0. The molecule has 1 N–H and O–H groups in total. The Labute approximate surface area is 121 Å². The third kappa shape index (κ3) is 2.55. The maximum Gasteiger partial charge on any atom is 0.259 e. The monoisotopic (exact) mass is 288 g/mol. The van der Waals surface area contributed by atoms with Crippen LogP contribution in [0.3, 0.4) is 0 Å². The highest BCUT2D eigenvalue weighted by molar-refractivity contribution is 5.97. The quantitative estimate of drug-likeness (QED) is 0.876. The molecule has 21 heavy (non-hydrogen) atoms. The van der Waals surface area contributed by atoms with E-state index >= 15 is 0 Å². The normalized spacial score (nSPS) is 16.4. The van der Waals surface area contributed by atoms with Crippen molar-refractivity contribution in [1.29, 1.82) is 0 Å². The summed E-state index contributed by atoms with van der Waals surface area (Å²) in [7, 11) is 0. The molecule has 0 bridgehead atoms. The Morgan fingerprint density at radius 3 is 2.76 bits per heavy atom. The van der Waals surface area contributed by atoms with Crippen molar-refractivity contribution >= 4 is 16.8 Å². The highest BCUT2D eigenvalue weighted by Crippen LogP contribution is 2.18. The van der Waals surface area contributed by atoms with Gasteiger partial charge in [-0.15, -0.1) is 0 Å². The van der Waals surface area contributed by atoms with E-state index in [4.69, 9.17) is 0 Å². The molecule has 110 valence electrons. The minimum atomic E-state index is -0.482. The van der Waals surface area contributed by atoms with Crippen molar-refractivity contribution in [3.8, 4) is 0 Å². The third-order valence-corrected chi connectivity index (χ3v) is 4.14. The van der Waals surface area contributed by atoms with Gasteiger partial charge in [-0.3, -0.25) is 9.59 Å². The van der Waals surface area contributed by atoms with Crippen LogP contribution >= 0.6 is 0 Å². The summed E-state index contributed by atoms with van der Waals surface area (Å²) in [5, 5.41) is 0.214. The zero-order valence-electron chi connectivity index (χ0n) is 11.9. The number of piperidine rings is 1. The summed E-state index contributed by atoms with van der Waals surface area (Å²) in [6, 6.07) is 3.96. The molecule has 3 rings (SSSR count). The van der Waals surface area contributed by atoms with E-state index < -0.39 is 11.2 Å². The van der Waals surface area contributed by atoms with Gasteiger partial charge in [0, 0.05) is 30.2 Å². The Balaban J connectivity index is 1.99. The third-order valence-electron chi connectivity index (χ3n) is 4.14. The van der Waals surface area contributed by atoms with Crippen LogP contribution in [0.4, 0.5) is 4.39 Å². The highest BCUT2D eigenvalue weighted by atomic mass is 19.1. The molecule has 0 atom stereocenters. The number of nitrogens with one attached hydrogen (secondary N) is 1. The molecule has 0 spiro atoms. The van der Waals surface area contributed by atoms with Crippen LogP contribution in [0.5, 0.6) is 0 Å². The second-order valence-corrected chi connectivity index (χ2v) is 5.70. The average molecular weight is 288 g/mol. The van der Waals surface area contributed by atoms with Gasteiger partial charge in [-0.25, -0.2) is 4.39 Å². The van der Waals surface area contributed by atoms with Gasteiger partial charge in [0.2, 0.25) is 5.43 Å². The lowest BCUT2D eigenvalue weighted by molar-refractivity contribution is 0.0696. The second-order valence-electron chi connectivity index (χ2n) is 5.70. The van der Waals surface area contributed by atoms with Crippen LogP contribution in [-0.4, -0.2) is 28.9 Å². The second kappa shape index (κ2) is 5.31. The number of halogens is 1. The summed E-state index contributed by atoms with van der Waals surface area (Å²) in [5.41, 5.74) is 0.208. The lowest BCUT2D eigenvalue weighted by atomic mass is 9.98. The molecule has 1 aliphatic heterocycles. The van der Waals surface area contributed by atoms with Gasteiger partial charge in [0.25, 0.3) is 5.91 Å². The van der Waals surface area contributed by atoms with Crippen LogP contribution in [0.1, 0.15) is 30.1 Å². The SMILES string of the molecule is CC1CCN(C(=O)c2c[nH]c3ccc(F)cc3c2=O)CC1. The smallest absolute Gasteiger partial charge is 0.259 e. The first-order valence-corrected chi connectivity index (χ1v) is 7.16. The molecular formula is C16H17FN2O2. The van der Waals surface area contributed by atoms with Crippen molar-refractivity contribution in [1.82, 2.24) is 9.88 Å². The molecule has 1 amide bonds. The Bertz CT molecular complexity index is 746. The number of carbonyl (C=O) groups is 1. The Morgan fingerprint density at radius 1 is 1.33 bits per heavy atom. The van der Waals surface area contributed by atoms with Gasteiger partial charge in [0.15, 0.2) is 0 Å². The van der Waals surface area contributed by atoms with Crippen molar-refractivity contribution in [3.63, 3.8) is 0 Å². The predicted molar refractivity (Wildman–Crippen MR) is 78.8 cm³/mol. The minimum absolute atomic E-state index is 0.0858. The van der Waals surface area contributed by atoms with Gasteiger partial charge in [-0.05, 0) is 37.0 Å². The van der Waals surface area contributed by atoms with E-state index in [1.54, 1.807) is 4.90 Å². The van der Waals surface area contributed by atoms with Gasteiger partial charge < -0.3 is 9.88 Å². The largest absolute Gasteiger partial charge is 0.360 e. The number of benzene rings is 1. The van der Waals surface area contributed by atoms with Gasteiger partial charge in [-0.1, -0.05) is 6.92 Å². The molecule has 5 heteroatoms. The maximum absolute atomic E-state index is 13.3. The number of hydrogen-bond donors (Lipinski definition) is 1. The minimum Gasteiger partial charge on any atom is -0.360 e. The molecule has 4 nitrogen and oxygen atoms in total. The molecule has 0 saturated carbocycles. The molecule has 1 aliphatic rings. The van der Waals surface area contributed by atoms with Crippen LogP contribution in [0.2, 0.25) is 0 Å². The highest BCUT2D eigenvalue weighted by Gasteiger charge is 2.23. The van der Waals surface area contributed by atoms with E-state index in [2.05, 4.69) is 11.9 Å². The Hall–Kier alpha value is -2.17. The van der Waals surface area contributed by atoms with Crippen molar-refractivity contribution in [3.05, 3.63) is 46.0 Å². The molecule has 0 radical (unpaired) electrons. The zero-order chi connectivity index (χ0) is 15.0.